The van der Waals surface area contributed by atoms with Gasteiger partial charge in [-0.1, -0.05) is 17.7 Å². The van der Waals surface area contributed by atoms with Crippen molar-refractivity contribution in [3.63, 3.8) is 0 Å². The van der Waals surface area contributed by atoms with E-state index >= 15 is 0 Å². The molecule has 0 spiro atoms. The van der Waals surface area contributed by atoms with Gasteiger partial charge in [0.05, 0.1) is 4.90 Å². The summed E-state index contributed by atoms with van der Waals surface area (Å²) in [6, 6.07) is 6.81. The van der Waals surface area contributed by atoms with Gasteiger partial charge in [0.1, 0.15) is 9.69 Å². The highest BCUT2D eigenvalue weighted by Gasteiger charge is 2.04. The van der Waals surface area contributed by atoms with Crippen molar-refractivity contribution in [1.29, 1.82) is 0 Å². The average Bonchev–Trinajstić information content (AvgIpc) is 1.86. The Hall–Kier alpha value is -0.765. The fourth-order valence-corrected chi connectivity index (χ4v) is 1.42. The molecule has 0 radical (unpaired) electrons. The van der Waals surface area contributed by atoms with Crippen LogP contribution in [-0.4, -0.2) is 15.5 Å². The maximum absolute atomic E-state index is 10.9. The summed E-state index contributed by atoms with van der Waals surface area (Å²) >= 11 is 0. The molecule has 58 valence electrons. The second kappa shape index (κ2) is 2.70. The fraction of sp³-hybridized carbons (Fsp3) is 0.143. The summed E-state index contributed by atoms with van der Waals surface area (Å²) in [6.45, 7) is 1.92. The highest BCUT2D eigenvalue weighted by atomic mass is 32.2. The molecule has 0 aliphatic heterocycles. The lowest BCUT2D eigenvalue weighted by atomic mass is 10.2. The van der Waals surface area contributed by atoms with Crippen molar-refractivity contribution < 1.29 is 8.42 Å². The molecular formula is C7H9BO2S. The van der Waals surface area contributed by atoms with Gasteiger partial charge in [0.15, 0.2) is 0 Å². The van der Waals surface area contributed by atoms with Crippen molar-refractivity contribution in [2.45, 2.75) is 11.8 Å². The number of hydrogen-bond acceptors (Lipinski definition) is 2. The Labute approximate surface area is 67.5 Å². The van der Waals surface area contributed by atoms with E-state index in [0.717, 1.165) is 5.56 Å². The maximum Gasteiger partial charge on any atom is 0.262 e. The molecule has 0 atom stereocenters. The second-order valence-corrected chi connectivity index (χ2v) is 4.60. The smallest absolute Gasteiger partial charge is 0.237 e. The predicted octanol–water partition coefficient (Wildman–Crippen LogP) is 0.317. The molecule has 0 bridgehead atoms. The molecule has 0 N–H and O–H groups in total. The van der Waals surface area contributed by atoms with Gasteiger partial charge in [-0.3, -0.25) is 0 Å². The molecular weight excluding hydrogens is 159 g/mol. The SMILES string of the molecule is BS(=O)(=O)c1ccc(C)cc1. The zero-order valence-corrected chi connectivity index (χ0v) is 7.35. The van der Waals surface area contributed by atoms with E-state index in [4.69, 9.17) is 0 Å². The number of benzene rings is 1. The van der Waals surface area contributed by atoms with Crippen LogP contribution in [0.3, 0.4) is 0 Å². The molecule has 1 rings (SSSR count). The average molecular weight is 168 g/mol. The molecule has 0 saturated heterocycles. The summed E-state index contributed by atoms with van der Waals surface area (Å²) in [4.78, 5) is 0.378. The molecule has 1 aromatic carbocycles. The lowest BCUT2D eigenvalue weighted by Gasteiger charge is -1.97. The van der Waals surface area contributed by atoms with Crippen molar-refractivity contribution in [1.82, 2.24) is 0 Å². The molecule has 0 fully saturated rings. The quantitative estimate of drug-likeness (QED) is 0.565. The van der Waals surface area contributed by atoms with Crippen LogP contribution in [0.15, 0.2) is 29.2 Å². The fourth-order valence-electron chi connectivity index (χ4n) is 0.785. The van der Waals surface area contributed by atoms with Crippen molar-refractivity contribution in [2.24, 2.45) is 0 Å². The topological polar surface area (TPSA) is 34.1 Å². The molecule has 0 aliphatic carbocycles. The first kappa shape index (κ1) is 8.33. The molecule has 0 amide bonds. The minimum Gasteiger partial charge on any atom is -0.237 e. The van der Waals surface area contributed by atoms with Gasteiger partial charge < -0.3 is 0 Å². The van der Waals surface area contributed by atoms with Crippen LogP contribution in [0.2, 0.25) is 0 Å². The van der Waals surface area contributed by atoms with Crippen LogP contribution in [0.25, 0.3) is 0 Å². The summed E-state index contributed by atoms with van der Waals surface area (Å²) in [6.07, 6.45) is 0. The third-order valence-corrected chi connectivity index (χ3v) is 2.58. The van der Waals surface area contributed by atoms with Crippen LogP contribution >= 0.6 is 0 Å². The van der Waals surface area contributed by atoms with Crippen LogP contribution in [0.5, 0.6) is 0 Å². The zero-order chi connectivity index (χ0) is 8.48. The lowest BCUT2D eigenvalue weighted by Crippen LogP contribution is -1.98. The van der Waals surface area contributed by atoms with Gasteiger partial charge in [-0.15, -0.1) is 0 Å². The minimum absolute atomic E-state index is 0.378. The highest BCUT2D eigenvalue weighted by Crippen LogP contribution is 2.08. The van der Waals surface area contributed by atoms with E-state index in [-0.39, 0.29) is 0 Å². The van der Waals surface area contributed by atoms with Gasteiger partial charge in [0.2, 0.25) is 0 Å². The van der Waals surface area contributed by atoms with Crippen LogP contribution in [0.1, 0.15) is 5.56 Å². The van der Waals surface area contributed by atoms with Crippen molar-refractivity contribution in [3.8, 4) is 0 Å². The summed E-state index contributed by atoms with van der Waals surface area (Å²) in [5, 5.41) is 0. The van der Waals surface area contributed by atoms with Gasteiger partial charge in [0, 0.05) is 0 Å². The Kier molecular flexibility index (Phi) is 2.04. The Balaban J connectivity index is 3.20. The van der Waals surface area contributed by atoms with Gasteiger partial charge in [-0.25, -0.2) is 8.42 Å². The molecule has 0 aliphatic rings. The predicted molar refractivity (Wildman–Crippen MR) is 46.9 cm³/mol. The van der Waals surface area contributed by atoms with Crippen molar-refractivity contribution in [3.05, 3.63) is 29.8 Å². The molecule has 1 aromatic rings. The summed E-state index contributed by atoms with van der Waals surface area (Å²) in [5.74, 6) is 0. The first-order valence-corrected chi connectivity index (χ1v) is 5.16. The molecule has 4 heteroatoms. The first-order chi connectivity index (χ1) is 5.00. The van der Waals surface area contributed by atoms with E-state index < -0.39 is 9.69 Å². The van der Waals surface area contributed by atoms with Crippen LogP contribution < -0.4 is 0 Å². The third-order valence-electron chi connectivity index (χ3n) is 1.45. The molecule has 0 heterocycles. The molecule has 0 saturated carbocycles. The Bertz CT molecular complexity index is 339. The lowest BCUT2D eigenvalue weighted by molar-refractivity contribution is 0.609. The maximum atomic E-state index is 10.9. The second-order valence-electron chi connectivity index (χ2n) is 2.59. The van der Waals surface area contributed by atoms with Crippen LogP contribution in [0, 0.1) is 6.92 Å². The first-order valence-electron chi connectivity index (χ1n) is 3.27. The molecule has 2 nitrogen and oxygen atoms in total. The zero-order valence-electron chi connectivity index (χ0n) is 6.53. The number of aryl methyl sites for hydroxylation is 1. The summed E-state index contributed by atoms with van der Waals surface area (Å²) < 4.78 is 21.9. The van der Waals surface area contributed by atoms with Crippen molar-refractivity contribution in [2.75, 3.05) is 0 Å². The van der Waals surface area contributed by atoms with Gasteiger partial charge in [-0.2, -0.15) is 0 Å². The van der Waals surface area contributed by atoms with E-state index in [0.29, 0.717) is 4.90 Å². The van der Waals surface area contributed by atoms with E-state index in [1.54, 1.807) is 24.3 Å². The molecule has 0 aromatic heterocycles. The normalized spacial score (nSPS) is 11.4. The molecule has 11 heavy (non-hydrogen) atoms. The van der Waals surface area contributed by atoms with Gasteiger partial charge in [-0.05, 0) is 19.1 Å². The number of hydrogen-bond donors (Lipinski definition) is 0. The van der Waals surface area contributed by atoms with Gasteiger partial charge in [0.25, 0.3) is 7.12 Å². The largest absolute Gasteiger partial charge is 0.262 e. The highest BCUT2D eigenvalue weighted by molar-refractivity contribution is 8.12. The summed E-state index contributed by atoms with van der Waals surface area (Å²) in [5.41, 5.74) is 1.07. The van der Waals surface area contributed by atoms with E-state index in [1.807, 2.05) is 6.92 Å². The standard InChI is InChI=1S/C7H9BO2S/c1-6-2-4-7(5-3-6)11(8,9)10/h2-5H,8H2,1H3. The van der Waals surface area contributed by atoms with E-state index in [2.05, 4.69) is 0 Å². The number of rotatable bonds is 1. The monoisotopic (exact) mass is 168 g/mol. The van der Waals surface area contributed by atoms with Crippen LogP contribution in [-0.2, 0) is 9.69 Å². The van der Waals surface area contributed by atoms with E-state index in [1.165, 1.54) is 7.12 Å². The van der Waals surface area contributed by atoms with Crippen LogP contribution in [0.4, 0.5) is 0 Å². The Morgan fingerprint density at radius 1 is 1.18 bits per heavy atom. The third kappa shape index (κ3) is 2.08. The van der Waals surface area contributed by atoms with Crippen molar-refractivity contribution >= 4 is 16.8 Å². The Morgan fingerprint density at radius 3 is 2.00 bits per heavy atom. The minimum atomic E-state index is -3.02. The molecule has 0 unspecified atom stereocenters. The van der Waals surface area contributed by atoms with Gasteiger partial charge >= 0.3 is 0 Å². The summed E-state index contributed by atoms with van der Waals surface area (Å²) in [7, 11) is -1.81. The Morgan fingerprint density at radius 2 is 1.64 bits per heavy atom. The van der Waals surface area contributed by atoms with E-state index in [9.17, 15) is 8.42 Å².